The second kappa shape index (κ2) is 6.17. The Morgan fingerprint density at radius 3 is 2.95 bits per heavy atom. The lowest BCUT2D eigenvalue weighted by Gasteiger charge is -2.22. The summed E-state index contributed by atoms with van der Waals surface area (Å²) in [4.78, 5) is 1.19. The highest BCUT2D eigenvalue weighted by Crippen LogP contribution is 2.42. The van der Waals surface area contributed by atoms with Crippen molar-refractivity contribution in [1.29, 1.82) is 5.26 Å². The van der Waals surface area contributed by atoms with Crippen molar-refractivity contribution < 1.29 is 9.47 Å². The van der Waals surface area contributed by atoms with Gasteiger partial charge in [-0.3, -0.25) is 5.32 Å². The molecule has 21 heavy (non-hydrogen) atoms. The van der Waals surface area contributed by atoms with Crippen LogP contribution in [-0.2, 0) is 0 Å². The minimum absolute atomic E-state index is 0.333. The molecule has 1 heterocycles. The summed E-state index contributed by atoms with van der Waals surface area (Å²) >= 11 is 1.84. The molecule has 2 unspecified atom stereocenters. The van der Waals surface area contributed by atoms with Gasteiger partial charge in [0, 0.05) is 10.1 Å². The van der Waals surface area contributed by atoms with Crippen molar-refractivity contribution in [2.45, 2.75) is 41.9 Å². The van der Waals surface area contributed by atoms with Crippen LogP contribution in [-0.4, -0.2) is 30.5 Å². The highest BCUT2D eigenvalue weighted by atomic mass is 32.2. The van der Waals surface area contributed by atoms with Crippen LogP contribution in [0.4, 0.5) is 0 Å². The lowest BCUT2D eigenvalue weighted by molar-refractivity contribution is 0.171. The highest BCUT2D eigenvalue weighted by molar-refractivity contribution is 8.00. The fraction of sp³-hybridized carbons (Fsp3) is 0.562. The lowest BCUT2D eigenvalue weighted by atomic mass is 10.0. The Kier molecular flexibility index (Phi) is 4.27. The summed E-state index contributed by atoms with van der Waals surface area (Å²) in [7, 11) is 0. The first-order chi connectivity index (χ1) is 10.2. The van der Waals surface area contributed by atoms with Gasteiger partial charge in [-0.15, -0.1) is 11.8 Å². The van der Waals surface area contributed by atoms with Gasteiger partial charge >= 0.3 is 0 Å². The molecule has 1 aromatic rings. The predicted molar refractivity (Wildman–Crippen MR) is 82.9 cm³/mol. The minimum Gasteiger partial charge on any atom is -0.486 e. The quantitative estimate of drug-likeness (QED) is 0.927. The van der Waals surface area contributed by atoms with Crippen LogP contribution in [0.2, 0.25) is 0 Å². The third-order valence-corrected chi connectivity index (χ3v) is 5.28. The van der Waals surface area contributed by atoms with Crippen molar-refractivity contribution in [2.75, 3.05) is 19.8 Å². The molecule has 1 aromatic carbocycles. The van der Waals surface area contributed by atoms with E-state index in [1.165, 1.54) is 4.90 Å². The van der Waals surface area contributed by atoms with Gasteiger partial charge in [-0.05, 0) is 44.0 Å². The minimum atomic E-state index is -0.333. The summed E-state index contributed by atoms with van der Waals surface area (Å²) in [6, 6.07) is 8.59. The van der Waals surface area contributed by atoms with Crippen LogP contribution in [0.1, 0.15) is 26.2 Å². The Morgan fingerprint density at radius 1 is 1.38 bits per heavy atom. The van der Waals surface area contributed by atoms with E-state index in [2.05, 4.69) is 30.4 Å². The Labute approximate surface area is 129 Å². The molecule has 0 saturated heterocycles. The zero-order valence-electron chi connectivity index (χ0n) is 12.2. The zero-order chi connectivity index (χ0) is 14.7. The highest BCUT2D eigenvalue weighted by Gasteiger charge is 2.39. The number of benzene rings is 1. The van der Waals surface area contributed by atoms with Gasteiger partial charge in [-0.25, -0.2) is 0 Å². The summed E-state index contributed by atoms with van der Waals surface area (Å²) in [5.74, 6) is 1.67. The van der Waals surface area contributed by atoms with Gasteiger partial charge in [0.1, 0.15) is 18.8 Å². The van der Waals surface area contributed by atoms with Gasteiger partial charge in [0.15, 0.2) is 11.5 Å². The molecule has 2 aliphatic rings. The predicted octanol–water partition coefficient (Wildman–Crippen LogP) is 2.97. The molecule has 0 bridgehead atoms. The average molecular weight is 304 g/mol. The normalized spacial score (nSPS) is 27.3. The van der Waals surface area contributed by atoms with Crippen LogP contribution < -0.4 is 14.8 Å². The fourth-order valence-corrected chi connectivity index (χ4v) is 4.34. The van der Waals surface area contributed by atoms with E-state index >= 15 is 0 Å². The smallest absolute Gasteiger partial charge is 0.162 e. The van der Waals surface area contributed by atoms with Crippen molar-refractivity contribution in [2.24, 2.45) is 0 Å². The van der Waals surface area contributed by atoms with Gasteiger partial charge in [0.2, 0.25) is 0 Å². The first-order valence-corrected chi connectivity index (χ1v) is 8.35. The largest absolute Gasteiger partial charge is 0.486 e. The van der Waals surface area contributed by atoms with E-state index in [1.54, 1.807) is 0 Å². The van der Waals surface area contributed by atoms with Crippen molar-refractivity contribution in [1.82, 2.24) is 5.32 Å². The average Bonchev–Trinajstić information content (AvgIpc) is 2.91. The lowest BCUT2D eigenvalue weighted by Crippen LogP contribution is -2.41. The van der Waals surface area contributed by atoms with Crippen molar-refractivity contribution in [3.63, 3.8) is 0 Å². The number of rotatable bonds is 4. The van der Waals surface area contributed by atoms with E-state index in [0.29, 0.717) is 18.5 Å². The summed E-state index contributed by atoms with van der Waals surface area (Å²) in [6.07, 6.45) is 2.90. The zero-order valence-corrected chi connectivity index (χ0v) is 13.0. The Hall–Kier alpha value is -1.38. The second-order valence-corrected chi connectivity index (χ2v) is 6.89. The molecule has 5 heteroatoms. The molecule has 1 aliphatic heterocycles. The van der Waals surface area contributed by atoms with E-state index < -0.39 is 0 Å². The van der Waals surface area contributed by atoms with Crippen LogP contribution in [0.3, 0.4) is 0 Å². The van der Waals surface area contributed by atoms with E-state index in [0.717, 1.165) is 37.3 Å². The third kappa shape index (κ3) is 3.12. The first-order valence-electron chi connectivity index (χ1n) is 7.47. The molecule has 0 radical (unpaired) electrons. The molecule has 0 aromatic heterocycles. The van der Waals surface area contributed by atoms with Crippen molar-refractivity contribution in [3.8, 4) is 17.6 Å². The number of hydrogen-bond acceptors (Lipinski definition) is 5. The van der Waals surface area contributed by atoms with Crippen LogP contribution in [0, 0.1) is 11.3 Å². The standard InChI is InChI=1S/C16H20N2O2S/c1-2-18-16(11-17)6-5-13(10-16)21-12-3-4-14-15(9-12)20-8-7-19-14/h3-4,9,13,18H,2,5-8,10H2,1H3. The number of nitrogens with one attached hydrogen (secondary N) is 1. The first kappa shape index (κ1) is 14.6. The molecular weight excluding hydrogens is 284 g/mol. The summed E-state index contributed by atoms with van der Waals surface area (Å²) in [5, 5.41) is 13.3. The van der Waals surface area contributed by atoms with Gasteiger partial charge in [0.05, 0.1) is 6.07 Å². The fourth-order valence-electron chi connectivity index (χ4n) is 3.03. The molecule has 0 amide bonds. The van der Waals surface area contributed by atoms with Crippen LogP contribution in [0.25, 0.3) is 0 Å². The molecule has 4 nitrogen and oxygen atoms in total. The molecule has 0 spiro atoms. The Balaban J connectivity index is 1.67. The SMILES string of the molecule is CCNC1(C#N)CCC(Sc2ccc3c(c2)OCCO3)C1. The molecule has 1 saturated carbocycles. The van der Waals surface area contributed by atoms with Crippen molar-refractivity contribution >= 4 is 11.8 Å². The van der Waals surface area contributed by atoms with Crippen LogP contribution >= 0.6 is 11.8 Å². The number of fused-ring (bicyclic) bond motifs is 1. The second-order valence-electron chi connectivity index (χ2n) is 5.51. The monoisotopic (exact) mass is 304 g/mol. The van der Waals surface area contributed by atoms with Gasteiger partial charge in [0.25, 0.3) is 0 Å². The molecule has 3 rings (SSSR count). The maximum absolute atomic E-state index is 9.43. The van der Waals surface area contributed by atoms with Crippen LogP contribution in [0.15, 0.2) is 23.1 Å². The van der Waals surface area contributed by atoms with E-state index in [4.69, 9.17) is 9.47 Å². The van der Waals surface area contributed by atoms with E-state index in [9.17, 15) is 5.26 Å². The molecule has 1 N–H and O–H groups in total. The van der Waals surface area contributed by atoms with Crippen molar-refractivity contribution in [3.05, 3.63) is 18.2 Å². The number of nitriles is 1. The third-order valence-electron chi connectivity index (χ3n) is 4.01. The summed E-state index contributed by atoms with van der Waals surface area (Å²) in [5.41, 5.74) is -0.333. The summed E-state index contributed by atoms with van der Waals surface area (Å²) in [6.45, 7) is 4.13. The topological polar surface area (TPSA) is 54.3 Å². The maximum Gasteiger partial charge on any atom is 0.162 e. The molecule has 112 valence electrons. The summed E-state index contributed by atoms with van der Waals surface area (Å²) < 4.78 is 11.2. The van der Waals surface area contributed by atoms with E-state index in [-0.39, 0.29) is 5.54 Å². The number of nitrogens with zero attached hydrogens (tertiary/aromatic N) is 1. The van der Waals surface area contributed by atoms with Gasteiger partial charge < -0.3 is 9.47 Å². The number of hydrogen-bond donors (Lipinski definition) is 1. The Bertz CT molecular complexity index is 558. The molecule has 1 aliphatic carbocycles. The number of ether oxygens (including phenoxy) is 2. The molecular formula is C16H20N2O2S. The van der Waals surface area contributed by atoms with Crippen LogP contribution in [0.5, 0.6) is 11.5 Å². The molecule has 1 fully saturated rings. The number of thioether (sulfide) groups is 1. The van der Waals surface area contributed by atoms with Gasteiger partial charge in [-0.2, -0.15) is 5.26 Å². The van der Waals surface area contributed by atoms with Gasteiger partial charge in [-0.1, -0.05) is 6.92 Å². The Morgan fingerprint density at radius 2 is 2.19 bits per heavy atom. The van der Waals surface area contributed by atoms with E-state index in [1.807, 2.05) is 17.8 Å². The molecule has 2 atom stereocenters. The maximum atomic E-state index is 9.43.